The van der Waals surface area contributed by atoms with Crippen molar-refractivity contribution in [3.63, 3.8) is 0 Å². The molecule has 32 heavy (non-hydrogen) atoms. The Balaban J connectivity index is 4.93. The fraction of sp³-hybridized carbons (Fsp3) is 0.857. The monoisotopic (exact) mass is 452 g/mol. The average molecular weight is 453 g/mol. The summed E-state index contributed by atoms with van der Waals surface area (Å²) in [5, 5.41) is 0. The van der Waals surface area contributed by atoms with Crippen LogP contribution in [-0.4, -0.2) is 25.2 Å². The van der Waals surface area contributed by atoms with E-state index in [4.69, 9.17) is 9.47 Å². The summed E-state index contributed by atoms with van der Waals surface area (Å²) >= 11 is 0. The molecule has 0 atom stereocenters. The van der Waals surface area contributed by atoms with E-state index in [9.17, 15) is 9.59 Å². The third-order valence-corrected chi connectivity index (χ3v) is 5.74. The fourth-order valence-electron chi connectivity index (χ4n) is 3.63. The molecule has 0 spiro atoms. The highest BCUT2D eigenvalue weighted by Gasteiger charge is 2.22. The van der Waals surface area contributed by atoms with Crippen LogP contribution in [0, 0.1) is 11.8 Å². The molecule has 0 aliphatic rings. The third-order valence-electron chi connectivity index (χ3n) is 5.74. The van der Waals surface area contributed by atoms with E-state index in [1.165, 1.54) is 25.7 Å². The van der Waals surface area contributed by atoms with Gasteiger partial charge in [0.25, 0.3) is 0 Å². The van der Waals surface area contributed by atoms with Crippen LogP contribution in [0.15, 0.2) is 11.1 Å². The van der Waals surface area contributed by atoms with Crippen molar-refractivity contribution >= 4 is 11.9 Å². The lowest BCUT2D eigenvalue weighted by Gasteiger charge is -2.15. The Morgan fingerprint density at radius 2 is 0.938 bits per heavy atom. The zero-order chi connectivity index (χ0) is 24.2. The van der Waals surface area contributed by atoms with Gasteiger partial charge in [-0.25, -0.2) is 9.59 Å². The molecule has 0 aromatic rings. The quantitative estimate of drug-likeness (QED) is 0.106. The van der Waals surface area contributed by atoms with Crippen molar-refractivity contribution in [1.82, 2.24) is 0 Å². The number of hydrogen-bond donors (Lipinski definition) is 0. The first-order valence-electron chi connectivity index (χ1n) is 13.4. The van der Waals surface area contributed by atoms with Gasteiger partial charge in [0.05, 0.1) is 13.2 Å². The number of esters is 2. The van der Waals surface area contributed by atoms with E-state index in [0.717, 1.165) is 51.4 Å². The summed E-state index contributed by atoms with van der Waals surface area (Å²) in [5.74, 6) is 0.788. The highest BCUT2D eigenvalue weighted by molar-refractivity contribution is 6.00. The molecule has 4 nitrogen and oxygen atoms in total. The molecule has 188 valence electrons. The van der Waals surface area contributed by atoms with Crippen molar-refractivity contribution in [2.75, 3.05) is 13.2 Å². The molecule has 0 fully saturated rings. The summed E-state index contributed by atoms with van der Waals surface area (Å²) < 4.78 is 11.2. The average Bonchev–Trinajstić information content (AvgIpc) is 2.74. The van der Waals surface area contributed by atoms with Gasteiger partial charge >= 0.3 is 11.9 Å². The standard InChI is InChI=1S/C28H52O4/c1-7-9-19-25(27(29)31-21-15-11-13-17-23(3)4)26(20-10-8-2)28(30)32-22-16-12-14-18-24(5)6/h23-24H,7-22H2,1-6H3/b26-25-. The third kappa shape index (κ3) is 16.3. The summed E-state index contributed by atoms with van der Waals surface area (Å²) in [7, 11) is 0. The lowest BCUT2D eigenvalue weighted by molar-refractivity contribution is -0.142. The van der Waals surface area contributed by atoms with Crippen LogP contribution in [0.2, 0.25) is 0 Å². The molecule has 0 radical (unpaired) electrons. The van der Waals surface area contributed by atoms with E-state index in [1.807, 2.05) is 0 Å². The topological polar surface area (TPSA) is 52.6 Å². The van der Waals surface area contributed by atoms with Crippen molar-refractivity contribution in [3.8, 4) is 0 Å². The van der Waals surface area contributed by atoms with Crippen LogP contribution in [0.3, 0.4) is 0 Å². The first-order valence-corrected chi connectivity index (χ1v) is 13.4. The smallest absolute Gasteiger partial charge is 0.334 e. The van der Waals surface area contributed by atoms with Gasteiger partial charge in [-0.1, -0.05) is 92.9 Å². The van der Waals surface area contributed by atoms with Crippen molar-refractivity contribution in [2.45, 2.75) is 131 Å². The van der Waals surface area contributed by atoms with Crippen LogP contribution in [0.1, 0.15) is 131 Å². The Bertz CT molecular complexity index is 474. The zero-order valence-electron chi connectivity index (χ0n) is 22.1. The van der Waals surface area contributed by atoms with E-state index >= 15 is 0 Å². The molecular formula is C28H52O4. The Labute approximate surface area is 198 Å². The predicted molar refractivity (Wildman–Crippen MR) is 135 cm³/mol. The van der Waals surface area contributed by atoms with E-state index in [1.54, 1.807) is 0 Å². The van der Waals surface area contributed by atoms with Crippen LogP contribution in [-0.2, 0) is 19.1 Å². The highest BCUT2D eigenvalue weighted by Crippen LogP contribution is 2.22. The van der Waals surface area contributed by atoms with Gasteiger partial charge in [0.2, 0.25) is 0 Å². The predicted octanol–water partition coefficient (Wildman–Crippen LogP) is 8.18. The molecule has 0 rings (SSSR count). The van der Waals surface area contributed by atoms with Crippen molar-refractivity contribution < 1.29 is 19.1 Å². The number of carbonyl (C=O) groups is 2. The van der Waals surface area contributed by atoms with E-state index < -0.39 is 0 Å². The van der Waals surface area contributed by atoms with Gasteiger partial charge in [0.1, 0.15) is 0 Å². The minimum atomic E-state index is -0.317. The summed E-state index contributed by atoms with van der Waals surface area (Å²) in [6.45, 7) is 14.0. The number of unbranched alkanes of at least 4 members (excludes halogenated alkanes) is 6. The molecular weight excluding hydrogens is 400 g/mol. The Kier molecular flexibility index (Phi) is 19.5. The molecule has 0 heterocycles. The summed E-state index contributed by atoms with van der Waals surface area (Å²) in [4.78, 5) is 25.8. The van der Waals surface area contributed by atoms with Crippen LogP contribution >= 0.6 is 0 Å². The minimum Gasteiger partial charge on any atom is -0.462 e. The number of hydrogen-bond acceptors (Lipinski definition) is 4. The summed E-state index contributed by atoms with van der Waals surface area (Å²) in [5.41, 5.74) is 1.10. The second kappa shape index (κ2) is 20.3. The van der Waals surface area contributed by atoms with E-state index in [2.05, 4.69) is 41.5 Å². The first-order chi connectivity index (χ1) is 15.3. The van der Waals surface area contributed by atoms with Crippen LogP contribution < -0.4 is 0 Å². The molecule has 4 heteroatoms. The summed E-state index contributed by atoms with van der Waals surface area (Å²) in [6, 6.07) is 0. The van der Waals surface area contributed by atoms with Gasteiger partial charge in [-0.15, -0.1) is 0 Å². The largest absolute Gasteiger partial charge is 0.462 e. The van der Waals surface area contributed by atoms with Crippen molar-refractivity contribution in [1.29, 1.82) is 0 Å². The first kappa shape index (κ1) is 30.7. The molecule has 0 unspecified atom stereocenters. The highest BCUT2D eigenvalue weighted by atomic mass is 16.5. The molecule has 0 amide bonds. The van der Waals surface area contributed by atoms with Gasteiger partial charge < -0.3 is 9.47 Å². The molecule has 0 saturated carbocycles. The molecule has 0 bridgehead atoms. The number of ether oxygens (including phenoxy) is 2. The molecule has 0 aromatic carbocycles. The van der Waals surface area contributed by atoms with Crippen LogP contribution in [0.4, 0.5) is 0 Å². The van der Waals surface area contributed by atoms with Gasteiger partial charge in [-0.2, -0.15) is 0 Å². The molecule has 0 aliphatic carbocycles. The van der Waals surface area contributed by atoms with E-state index in [0.29, 0.717) is 49.0 Å². The normalized spacial score (nSPS) is 12.2. The lowest BCUT2D eigenvalue weighted by Crippen LogP contribution is -2.18. The van der Waals surface area contributed by atoms with Gasteiger partial charge in [-0.3, -0.25) is 0 Å². The van der Waals surface area contributed by atoms with Crippen LogP contribution in [0.5, 0.6) is 0 Å². The van der Waals surface area contributed by atoms with Crippen molar-refractivity contribution in [2.24, 2.45) is 11.8 Å². The minimum absolute atomic E-state index is 0.317. The maximum Gasteiger partial charge on any atom is 0.334 e. The lowest BCUT2D eigenvalue weighted by atomic mass is 9.98. The molecule has 0 aromatic heterocycles. The van der Waals surface area contributed by atoms with Gasteiger partial charge in [0.15, 0.2) is 0 Å². The van der Waals surface area contributed by atoms with Crippen LogP contribution in [0.25, 0.3) is 0 Å². The van der Waals surface area contributed by atoms with Crippen molar-refractivity contribution in [3.05, 3.63) is 11.1 Å². The maximum atomic E-state index is 12.9. The fourth-order valence-corrected chi connectivity index (χ4v) is 3.63. The van der Waals surface area contributed by atoms with Gasteiger partial charge in [-0.05, 0) is 50.4 Å². The SMILES string of the molecule is CCCC/C(C(=O)OCCCCCC(C)C)=C(\CCCC)C(=O)OCCCCCC(C)C. The molecule has 0 saturated heterocycles. The van der Waals surface area contributed by atoms with Gasteiger partial charge in [0, 0.05) is 11.1 Å². The number of carbonyl (C=O) groups excluding carboxylic acids is 2. The molecule has 0 N–H and O–H groups in total. The Morgan fingerprint density at radius 1 is 0.562 bits per heavy atom. The zero-order valence-corrected chi connectivity index (χ0v) is 22.1. The molecule has 0 aliphatic heterocycles. The van der Waals surface area contributed by atoms with E-state index in [-0.39, 0.29) is 11.9 Å². The second-order valence-electron chi connectivity index (χ2n) is 9.92. The number of rotatable bonds is 20. The summed E-state index contributed by atoms with van der Waals surface area (Å²) in [6.07, 6.45) is 13.5. The Morgan fingerprint density at radius 3 is 1.25 bits per heavy atom. The second-order valence-corrected chi connectivity index (χ2v) is 9.92. The maximum absolute atomic E-state index is 12.9. The Hall–Kier alpha value is -1.32.